The molecule has 64 heavy (non-hydrogen) atoms. The maximum absolute atomic E-state index is 5.27. The van der Waals surface area contributed by atoms with Crippen LogP contribution in [0.1, 0.15) is 0 Å². The lowest BCUT2D eigenvalue weighted by Crippen LogP contribution is -2.02. The first-order valence-corrected chi connectivity index (χ1v) is 21.7. The molecule has 298 valence electrons. The molecule has 0 aliphatic carbocycles. The van der Waals surface area contributed by atoms with Crippen LogP contribution in [0.5, 0.6) is 0 Å². The molecule has 0 fully saturated rings. The molecule has 0 saturated heterocycles. The molecule has 0 N–H and O–H groups in total. The van der Waals surface area contributed by atoms with E-state index in [2.05, 4.69) is 209 Å². The number of rotatable bonds is 6. The maximum Gasteiger partial charge on any atom is 0.164 e. The molecular formula is C59H37N5. The van der Waals surface area contributed by atoms with Crippen LogP contribution in [0.4, 0.5) is 0 Å². The van der Waals surface area contributed by atoms with Crippen LogP contribution < -0.4 is 0 Å². The summed E-state index contributed by atoms with van der Waals surface area (Å²) in [5, 5.41) is 9.43. The van der Waals surface area contributed by atoms with E-state index in [1.807, 2.05) is 24.3 Å². The molecule has 5 heteroatoms. The van der Waals surface area contributed by atoms with E-state index in [0.29, 0.717) is 17.5 Å². The van der Waals surface area contributed by atoms with Crippen molar-refractivity contribution in [3.05, 3.63) is 224 Å². The maximum atomic E-state index is 5.27. The zero-order chi connectivity index (χ0) is 42.1. The molecule has 0 atom stereocenters. The molecular weight excluding hydrogens is 779 g/mol. The summed E-state index contributed by atoms with van der Waals surface area (Å²) in [5.74, 6) is 1.88. The van der Waals surface area contributed by atoms with Gasteiger partial charge in [0.1, 0.15) is 0 Å². The van der Waals surface area contributed by atoms with Gasteiger partial charge >= 0.3 is 0 Å². The number of aromatic nitrogens is 5. The van der Waals surface area contributed by atoms with E-state index in [-0.39, 0.29) is 0 Å². The highest BCUT2D eigenvalue weighted by Crippen LogP contribution is 2.45. The lowest BCUT2D eigenvalue weighted by Gasteiger charge is -2.17. The van der Waals surface area contributed by atoms with E-state index >= 15 is 0 Å². The van der Waals surface area contributed by atoms with Gasteiger partial charge in [0.15, 0.2) is 17.5 Å². The molecule has 0 aliphatic heterocycles. The summed E-state index contributed by atoms with van der Waals surface area (Å²) in [4.78, 5) is 15.6. The number of benzene rings is 10. The molecule has 0 spiro atoms. The van der Waals surface area contributed by atoms with Crippen LogP contribution in [0.2, 0.25) is 0 Å². The fraction of sp³-hybridized carbons (Fsp3) is 0. The van der Waals surface area contributed by atoms with Gasteiger partial charge in [-0.1, -0.05) is 182 Å². The summed E-state index contributed by atoms with van der Waals surface area (Å²) < 4.78 is 4.95. The Bertz CT molecular complexity index is 3900. The Kier molecular flexibility index (Phi) is 8.15. The van der Waals surface area contributed by atoms with Crippen molar-refractivity contribution in [2.45, 2.75) is 0 Å². The average molecular weight is 816 g/mol. The van der Waals surface area contributed by atoms with Gasteiger partial charge in [-0.2, -0.15) is 0 Å². The molecule has 3 heterocycles. The minimum absolute atomic E-state index is 0.624. The Hall–Kier alpha value is -8.67. The summed E-state index contributed by atoms with van der Waals surface area (Å²) in [7, 11) is 0. The summed E-state index contributed by atoms with van der Waals surface area (Å²) in [6.07, 6.45) is 0. The van der Waals surface area contributed by atoms with Gasteiger partial charge in [0.25, 0.3) is 0 Å². The van der Waals surface area contributed by atoms with E-state index in [0.717, 1.165) is 55.3 Å². The second-order valence-corrected chi connectivity index (χ2v) is 16.4. The first kappa shape index (κ1) is 36.0. The molecule has 0 aliphatic rings. The van der Waals surface area contributed by atoms with Crippen LogP contribution in [0, 0.1) is 0 Å². The van der Waals surface area contributed by atoms with Crippen LogP contribution in [0.15, 0.2) is 224 Å². The largest absolute Gasteiger partial charge is 0.309 e. The molecule has 3 aromatic heterocycles. The van der Waals surface area contributed by atoms with E-state index in [4.69, 9.17) is 15.0 Å². The zero-order valence-corrected chi connectivity index (χ0v) is 34.6. The van der Waals surface area contributed by atoms with E-state index in [1.165, 1.54) is 49.0 Å². The van der Waals surface area contributed by atoms with Gasteiger partial charge in [-0.05, 0) is 64.4 Å². The molecule has 13 rings (SSSR count). The first-order chi connectivity index (χ1) is 31.8. The lowest BCUT2D eigenvalue weighted by molar-refractivity contribution is 1.08. The first-order valence-electron chi connectivity index (χ1n) is 21.7. The quantitative estimate of drug-likeness (QED) is 0.168. The number of fused-ring (bicyclic) bond motifs is 8. The van der Waals surface area contributed by atoms with Crippen molar-refractivity contribution in [2.24, 2.45) is 0 Å². The van der Waals surface area contributed by atoms with E-state index < -0.39 is 0 Å². The summed E-state index contributed by atoms with van der Waals surface area (Å²) >= 11 is 0. The molecule has 0 bridgehead atoms. The van der Waals surface area contributed by atoms with Crippen LogP contribution in [-0.2, 0) is 0 Å². The van der Waals surface area contributed by atoms with Crippen molar-refractivity contribution >= 4 is 65.2 Å². The fourth-order valence-corrected chi connectivity index (χ4v) is 9.90. The third-order valence-electron chi connectivity index (χ3n) is 12.7. The highest BCUT2D eigenvalue weighted by molar-refractivity contribution is 6.22. The number of hydrogen-bond donors (Lipinski definition) is 0. The van der Waals surface area contributed by atoms with Crippen LogP contribution in [0.3, 0.4) is 0 Å². The van der Waals surface area contributed by atoms with Gasteiger partial charge in [-0.3, -0.25) is 0 Å². The molecule has 0 unspecified atom stereocenters. The van der Waals surface area contributed by atoms with Gasteiger partial charge in [0.05, 0.1) is 33.4 Å². The van der Waals surface area contributed by atoms with Gasteiger partial charge in [0, 0.05) is 49.0 Å². The molecule has 0 saturated carbocycles. The highest BCUT2D eigenvalue weighted by atomic mass is 15.0. The summed E-state index contributed by atoms with van der Waals surface area (Å²) in [5.41, 5.74) is 12.0. The summed E-state index contributed by atoms with van der Waals surface area (Å²) in [6, 6.07) is 79.8. The summed E-state index contributed by atoms with van der Waals surface area (Å²) in [6.45, 7) is 0. The third-order valence-corrected chi connectivity index (χ3v) is 12.7. The monoisotopic (exact) mass is 815 g/mol. The minimum Gasteiger partial charge on any atom is -0.309 e. The smallest absolute Gasteiger partial charge is 0.164 e. The molecule has 0 radical (unpaired) electrons. The Balaban J connectivity index is 1.07. The third kappa shape index (κ3) is 5.61. The Morgan fingerprint density at radius 1 is 0.281 bits per heavy atom. The Morgan fingerprint density at radius 3 is 1.48 bits per heavy atom. The zero-order valence-electron chi connectivity index (χ0n) is 34.6. The standard InChI is InChI=1S/C59H37N5/c1-3-18-38(19-4-1)40-23-17-24-42(36-40)58-60-57(39-20-5-2-6-21-39)61-59(62-58)48-34-35-53(45-27-10-9-26-44(45)48)63-52-33-16-13-30-49(52)55-54(63)37-41-22-7-8-25-43(41)56(55)64-50-31-14-11-28-46(50)47-29-12-15-32-51(47)64/h1-37H. The van der Waals surface area contributed by atoms with Crippen molar-refractivity contribution in [1.29, 1.82) is 0 Å². The molecule has 0 amide bonds. The molecule has 13 aromatic rings. The molecule has 10 aromatic carbocycles. The van der Waals surface area contributed by atoms with Gasteiger partial charge in [0.2, 0.25) is 0 Å². The number of nitrogens with zero attached hydrogens (tertiary/aromatic N) is 5. The highest BCUT2D eigenvalue weighted by Gasteiger charge is 2.24. The topological polar surface area (TPSA) is 48.5 Å². The van der Waals surface area contributed by atoms with E-state index in [9.17, 15) is 0 Å². The van der Waals surface area contributed by atoms with Crippen molar-refractivity contribution in [1.82, 2.24) is 24.1 Å². The number of para-hydroxylation sites is 3. The van der Waals surface area contributed by atoms with E-state index in [1.54, 1.807) is 0 Å². The van der Waals surface area contributed by atoms with Crippen LogP contribution in [-0.4, -0.2) is 24.1 Å². The predicted molar refractivity (Wildman–Crippen MR) is 265 cm³/mol. The predicted octanol–water partition coefficient (Wildman–Crippen LogP) is 15.0. The Morgan fingerprint density at radius 2 is 0.781 bits per heavy atom. The fourth-order valence-electron chi connectivity index (χ4n) is 9.90. The normalized spacial score (nSPS) is 11.8. The minimum atomic E-state index is 0.624. The van der Waals surface area contributed by atoms with Crippen molar-refractivity contribution in [3.63, 3.8) is 0 Å². The van der Waals surface area contributed by atoms with Crippen LogP contribution in [0.25, 0.3) is 122 Å². The SMILES string of the molecule is c1ccc(-c2cccc(-c3nc(-c4ccccc4)nc(-c4ccc(-n5c6ccccc6c6c(-n7c8ccccc8c8ccccc87)c7ccccc7cc65)c5ccccc45)n3)c2)cc1. The van der Waals surface area contributed by atoms with Gasteiger partial charge in [-0.25, -0.2) is 15.0 Å². The Labute approximate surface area is 368 Å². The van der Waals surface area contributed by atoms with Gasteiger partial charge in [-0.15, -0.1) is 0 Å². The van der Waals surface area contributed by atoms with Crippen LogP contribution >= 0.6 is 0 Å². The molecule has 5 nitrogen and oxygen atoms in total. The second kappa shape index (κ2) is 14.5. The van der Waals surface area contributed by atoms with Gasteiger partial charge < -0.3 is 9.13 Å². The van der Waals surface area contributed by atoms with Crippen molar-refractivity contribution in [2.75, 3.05) is 0 Å². The van der Waals surface area contributed by atoms with Crippen molar-refractivity contribution in [3.8, 4) is 56.7 Å². The van der Waals surface area contributed by atoms with Crippen molar-refractivity contribution < 1.29 is 0 Å². The second-order valence-electron chi connectivity index (χ2n) is 16.4. The average Bonchev–Trinajstić information content (AvgIpc) is 3.88. The lowest BCUT2D eigenvalue weighted by atomic mass is 10.0. The number of hydrogen-bond acceptors (Lipinski definition) is 3.